The fourth-order valence-electron chi connectivity index (χ4n) is 5.54. The van der Waals surface area contributed by atoms with Crippen LogP contribution in [0.1, 0.15) is 83.9 Å². The van der Waals surface area contributed by atoms with Crippen LogP contribution in [0.4, 0.5) is 31.5 Å². The summed E-state index contributed by atoms with van der Waals surface area (Å²) in [7, 11) is 0. The highest BCUT2D eigenvalue weighted by Gasteiger charge is 2.16. The Balaban J connectivity index is 1.44. The van der Waals surface area contributed by atoms with Gasteiger partial charge in [0.1, 0.15) is 11.6 Å². The van der Waals surface area contributed by atoms with Crippen LogP contribution >= 0.6 is 0 Å². The summed E-state index contributed by atoms with van der Waals surface area (Å²) in [5.41, 5.74) is 13.9. The minimum Gasteiger partial charge on any atom is -0.251 e. The lowest BCUT2D eigenvalue weighted by atomic mass is 9.96. The lowest BCUT2D eigenvalue weighted by Gasteiger charge is -2.17. The fourth-order valence-corrected chi connectivity index (χ4v) is 5.54. The minimum atomic E-state index is -0.285. The summed E-state index contributed by atoms with van der Waals surface area (Å²) in [5.74, 6) is -0.570. The Bertz CT molecular complexity index is 2060. The molecule has 0 unspecified atom stereocenters. The number of nitrogens with zero attached hydrogens (tertiary/aromatic N) is 6. The highest BCUT2D eigenvalue weighted by atomic mass is 19.1. The Morgan fingerprint density at radius 1 is 0.440 bits per heavy atom. The zero-order valence-electron chi connectivity index (χ0n) is 30.4. The molecule has 0 atom stereocenters. The lowest BCUT2D eigenvalue weighted by Crippen LogP contribution is -2.06. The minimum absolute atomic E-state index is 0.285. The van der Waals surface area contributed by atoms with E-state index in [9.17, 15) is 8.78 Å². The molecule has 0 aliphatic carbocycles. The van der Waals surface area contributed by atoms with E-state index in [4.69, 9.17) is 20.0 Å². The van der Waals surface area contributed by atoms with Gasteiger partial charge in [0.15, 0.2) is 0 Å². The molecule has 0 spiro atoms. The number of rotatable bonds is 8. The van der Waals surface area contributed by atoms with Gasteiger partial charge in [0.05, 0.1) is 68.4 Å². The summed E-state index contributed by atoms with van der Waals surface area (Å²) in [4.78, 5) is 29.0. The number of aliphatic imine (C=N–C) groups is 4. The van der Waals surface area contributed by atoms with Crippen molar-refractivity contribution in [3.05, 3.63) is 141 Å². The predicted molar refractivity (Wildman–Crippen MR) is 204 cm³/mol. The van der Waals surface area contributed by atoms with Crippen molar-refractivity contribution in [3.8, 4) is 0 Å². The molecular formula is C42H42F2N6. The molecule has 0 aliphatic rings. The first-order chi connectivity index (χ1) is 23.7. The van der Waals surface area contributed by atoms with E-state index in [2.05, 4.69) is 37.7 Å². The molecule has 6 nitrogen and oxygen atoms in total. The first-order valence-corrected chi connectivity index (χ1v) is 16.5. The third-order valence-corrected chi connectivity index (χ3v) is 8.99. The molecule has 5 rings (SSSR count). The van der Waals surface area contributed by atoms with Gasteiger partial charge in [-0.2, -0.15) is 0 Å². The van der Waals surface area contributed by atoms with Gasteiger partial charge >= 0.3 is 0 Å². The van der Waals surface area contributed by atoms with Crippen molar-refractivity contribution in [2.75, 3.05) is 0 Å². The summed E-state index contributed by atoms with van der Waals surface area (Å²) in [5, 5.41) is 0. The molecule has 0 amide bonds. The normalized spacial score (nSPS) is 12.9. The van der Waals surface area contributed by atoms with Crippen molar-refractivity contribution >= 4 is 45.6 Å². The average molecular weight is 669 g/mol. The van der Waals surface area contributed by atoms with Crippen LogP contribution in [0.3, 0.4) is 0 Å². The third-order valence-electron chi connectivity index (χ3n) is 8.99. The van der Waals surface area contributed by atoms with Gasteiger partial charge in [-0.25, -0.2) is 18.7 Å². The van der Waals surface area contributed by atoms with Crippen molar-refractivity contribution in [3.63, 3.8) is 0 Å². The zero-order valence-corrected chi connectivity index (χ0v) is 30.4. The van der Waals surface area contributed by atoms with Gasteiger partial charge in [0.2, 0.25) is 0 Å². The van der Waals surface area contributed by atoms with Gasteiger partial charge < -0.3 is 0 Å². The van der Waals surface area contributed by atoms with E-state index < -0.39 is 0 Å². The molecule has 3 aromatic carbocycles. The zero-order chi connectivity index (χ0) is 36.3. The Morgan fingerprint density at radius 3 is 1.04 bits per heavy atom. The molecule has 0 fully saturated rings. The Labute approximate surface area is 293 Å². The molecule has 0 bridgehead atoms. The van der Waals surface area contributed by atoms with Crippen LogP contribution in [-0.2, 0) is 0 Å². The van der Waals surface area contributed by atoms with Gasteiger partial charge in [-0.05, 0) is 151 Å². The van der Waals surface area contributed by atoms with Gasteiger partial charge in [-0.3, -0.25) is 20.0 Å². The molecule has 254 valence electrons. The summed E-state index contributed by atoms with van der Waals surface area (Å²) >= 11 is 0. The van der Waals surface area contributed by atoms with Crippen molar-refractivity contribution < 1.29 is 8.78 Å². The lowest BCUT2D eigenvalue weighted by molar-refractivity contribution is 0.618. The number of halogens is 2. The molecule has 8 heteroatoms. The van der Waals surface area contributed by atoms with E-state index in [0.29, 0.717) is 45.3 Å². The summed E-state index contributed by atoms with van der Waals surface area (Å²) < 4.78 is 28.2. The molecule has 2 aromatic heterocycles. The van der Waals surface area contributed by atoms with Crippen LogP contribution in [0.2, 0.25) is 0 Å². The maximum absolute atomic E-state index is 14.1. The monoisotopic (exact) mass is 668 g/mol. The molecule has 0 saturated carbocycles. The van der Waals surface area contributed by atoms with Crippen LogP contribution in [0.5, 0.6) is 0 Å². The van der Waals surface area contributed by atoms with E-state index >= 15 is 0 Å². The van der Waals surface area contributed by atoms with Gasteiger partial charge in [-0.15, -0.1) is 0 Å². The number of aryl methyl sites for hydroxylation is 2. The smallest absolute Gasteiger partial charge is 0.128 e. The highest BCUT2D eigenvalue weighted by molar-refractivity contribution is 6.04. The first kappa shape index (κ1) is 35.8. The fraction of sp³-hybridized carbons (Fsp3) is 0.238. The SMILES string of the molecule is C/C(=N\c1ccc(C)c(F)c1)c1cccc(/C(C)=N/c2c(C)c(C)c(/N=C(\C)c3cccc(/C(C)=N/c4ccc(C)c(F)c4)n3)c(C)c2C)n1. The molecule has 0 aliphatic heterocycles. The summed E-state index contributed by atoms with van der Waals surface area (Å²) in [6, 6.07) is 21.4. The predicted octanol–water partition coefficient (Wildman–Crippen LogP) is 11.2. The van der Waals surface area contributed by atoms with Crippen LogP contribution in [0.25, 0.3) is 0 Å². The largest absolute Gasteiger partial charge is 0.251 e. The van der Waals surface area contributed by atoms with Gasteiger partial charge in [0.25, 0.3) is 0 Å². The molecule has 50 heavy (non-hydrogen) atoms. The van der Waals surface area contributed by atoms with Crippen molar-refractivity contribution in [2.24, 2.45) is 20.0 Å². The number of aromatic nitrogens is 2. The van der Waals surface area contributed by atoms with Gasteiger partial charge in [0, 0.05) is 0 Å². The average Bonchev–Trinajstić information content (AvgIpc) is 3.10. The summed E-state index contributed by atoms with van der Waals surface area (Å²) in [6.07, 6.45) is 0. The second-order valence-corrected chi connectivity index (χ2v) is 12.7. The Hall–Kier alpha value is -5.50. The molecule has 5 aromatic rings. The highest BCUT2D eigenvalue weighted by Crippen LogP contribution is 2.38. The van der Waals surface area contributed by atoms with Crippen LogP contribution in [0, 0.1) is 53.2 Å². The van der Waals surface area contributed by atoms with E-state index in [0.717, 1.165) is 56.4 Å². The molecule has 0 saturated heterocycles. The van der Waals surface area contributed by atoms with Crippen LogP contribution < -0.4 is 0 Å². The number of hydrogen-bond donors (Lipinski definition) is 0. The second-order valence-electron chi connectivity index (χ2n) is 12.7. The Morgan fingerprint density at radius 2 is 0.740 bits per heavy atom. The Kier molecular flexibility index (Phi) is 10.7. The van der Waals surface area contributed by atoms with Crippen molar-refractivity contribution in [1.29, 1.82) is 0 Å². The van der Waals surface area contributed by atoms with Crippen LogP contribution in [0.15, 0.2) is 92.8 Å². The summed E-state index contributed by atoms with van der Waals surface area (Å²) in [6.45, 7) is 19.4. The molecule has 0 N–H and O–H groups in total. The van der Waals surface area contributed by atoms with E-state index in [1.807, 2.05) is 64.1 Å². The molecule has 0 radical (unpaired) electrons. The topological polar surface area (TPSA) is 75.2 Å². The van der Waals surface area contributed by atoms with Crippen LogP contribution in [-0.4, -0.2) is 32.8 Å². The van der Waals surface area contributed by atoms with E-state index in [1.165, 1.54) is 12.1 Å². The number of hydrogen-bond acceptors (Lipinski definition) is 6. The van der Waals surface area contributed by atoms with E-state index in [1.54, 1.807) is 38.1 Å². The van der Waals surface area contributed by atoms with E-state index in [-0.39, 0.29) is 11.6 Å². The number of pyridine rings is 2. The molecule has 2 heterocycles. The van der Waals surface area contributed by atoms with Crippen molar-refractivity contribution in [2.45, 2.75) is 69.2 Å². The molecular weight excluding hydrogens is 627 g/mol. The quantitative estimate of drug-likeness (QED) is 0.154. The maximum atomic E-state index is 14.1. The first-order valence-electron chi connectivity index (χ1n) is 16.5. The standard InChI is InChI=1S/C42H42F2N6/c1-23-17-19-33(21-35(23)43)45-29(7)37-13-11-15-39(49-37)31(9)47-41-25(3)27(5)42(28(6)26(41)4)48-32(10)40-16-12-14-38(50-40)30(8)46-34-20-18-24(2)36(44)22-34/h11-22H,1-10H3/b45-29+,46-30+,47-31+,48-32+. The van der Waals surface area contributed by atoms with Crippen molar-refractivity contribution in [1.82, 2.24) is 9.97 Å². The number of benzene rings is 3. The second kappa shape index (κ2) is 14.9. The third kappa shape index (κ3) is 7.86. The van der Waals surface area contributed by atoms with Gasteiger partial charge in [-0.1, -0.05) is 24.3 Å². The maximum Gasteiger partial charge on any atom is 0.128 e.